The van der Waals surface area contributed by atoms with Crippen LogP contribution in [0.1, 0.15) is 31.9 Å². The normalized spacial score (nSPS) is 12.3. The van der Waals surface area contributed by atoms with E-state index in [1.165, 1.54) is 6.07 Å². The van der Waals surface area contributed by atoms with Crippen LogP contribution in [0.25, 0.3) is 44.0 Å². The van der Waals surface area contributed by atoms with Crippen molar-refractivity contribution in [1.29, 1.82) is 0 Å². The average Bonchev–Trinajstić information content (AvgIpc) is 3.05. The summed E-state index contributed by atoms with van der Waals surface area (Å²) in [7, 11) is 0. The number of fused-ring (bicyclic) bond motifs is 4. The molecule has 0 aliphatic carbocycles. The Kier molecular flexibility index (Phi) is 4.18. The molecule has 0 saturated carbocycles. The molecule has 0 bridgehead atoms. The minimum atomic E-state index is -0.257. The zero-order valence-electron chi connectivity index (χ0n) is 17.7. The van der Waals surface area contributed by atoms with Gasteiger partial charge in [0.15, 0.2) is 0 Å². The first-order chi connectivity index (χ1) is 14.3. The van der Waals surface area contributed by atoms with Crippen LogP contribution in [0.3, 0.4) is 0 Å². The van der Waals surface area contributed by atoms with E-state index in [0.29, 0.717) is 0 Å². The van der Waals surface area contributed by atoms with Crippen molar-refractivity contribution in [2.75, 3.05) is 0 Å². The predicted molar refractivity (Wildman–Crippen MR) is 122 cm³/mol. The van der Waals surface area contributed by atoms with E-state index in [4.69, 9.17) is 9.40 Å². The second kappa shape index (κ2) is 6.66. The molecule has 150 valence electrons. The van der Waals surface area contributed by atoms with Gasteiger partial charge in [-0.05, 0) is 65.6 Å². The first kappa shape index (κ1) is 18.8. The van der Waals surface area contributed by atoms with E-state index < -0.39 is 0 Å². The average molecular weight is 397 g/mol. The van der Waals surface area contributed by atoms with E-state index >= 15 is 0 Å². The van der Waals surface area contributed by atoms with Crippen LogP contribution in [0.2, 0.25) is 0 Å². The van der Waals surface area contributed by atoms with Gasteiger partial charge in [-0.2, -0.15) is 0 Å². The molecule has 0 amide bonds. The molecule has 3 heteroatoms. The van der Waals surface area contributed by atoms with Gasteiger partial charge in [-0.3, -0.25) is 4.98 Å². The van der Waals surface area contributed by atoms with Gasteiger partial charge >= 0.3 is 0 Å². The number of halogens is 1. The second-order valence-corrected chi connectivity index (χ2v) is 9.35. The number of para-hydroxylation sites is 1. The minimum absolute atomic E-state index is 0.111. The highest BCUT2D eigenvalue weighted by atomic mass is 19.1. The van der Waals surface area contributed by atoms with Crippen LogP contribution in [0.5, 0.6) is 0 Å². The third-order valence-electron chi connectivity index (χ3n) is 5.53. The molecule has 0 aliphatic rings. The molecule has 0 N–H and O–H groups in total. The van der Waals surface area contributed by atoms with Gasteiger partial charge in [-0.1, -0.05) is 45.0 Å². The van der Waals surface area contributed by atoms with Crippen molar-refractivity contribution in [1.82, 2.24) is 4.98 Å². The van der Waals surface area contributed by atoms with E-state index in [1.807, 2.05) is 30.5 Å². The van der Waals surface area contributed by atoms with Gasteiger partial charge in [-0.15, -0.1) is 0 Å². The third kappa shape index (κ3) is 3.15. The quantitative estimate of drug-likeness (QED) is 0.303. The maximum atomic E-state index is 14.3. The highest BCUT2D eigenvalue weighted by Crippen LogP contribution is 2.39. The number of aromatic nitrogens is 1. The van der Waals surface area contributed by atoms with Crippen LogP contribution in [0.15, 0.2) is 65.2 Å². The number of aryl methyl sites for hydroxylation is 1. The largest absolute Gasteiger partial charge is 0.455 e. The highest BCUT2D eigenvalue weighted by molar-refractivity contribution is 6.12. The van der Waals surface area contributed by atoms with Gasteiger partial charge in [-0.25, -0.2) is 4.39 Å². The standard InChI is InChI=1S/C27H24FNO/c1-16-11-22-20-7-5-6-8-24(20)30-26(22)23(12-16)25-21-13-18(28)9-10-19(21)17(15-29-25)14-27(2,3)4/h5-13,15H,14H2,1-4H3. The molecule has 30 heavy (non-hydrogen) atoms. The van der Waals surface area contributed by atoms with Crippen LogP contribution in [-0.2, 0) is 6.42 Å². The topological polar surface area (TPSA) is 26.0 Å². The van der Waals surface area contributed by atoms with Gasteiger partial charge in [0.05, 0.1) is 5.69 Å². The summed E-state index contributed by atoms with van der Waals surface area (Å²) in [5, 5.41) is 4.01. The Labute approximate surface area is 175 Å². The highest BCUT2D eigenvalue weighted by Gasteiger charge is 2.19. The summed E-state index contributed by atoms with van der Waals surface area (Å²) < 4.78 is 20.6. The van der Waals surface area contributed by atoms with Crippen LogP contribution >= 0.6 is 0 Å². The van der Waals surface area contributed by atoms with Gasteiger partial charge in [0.2, 0.25) is 0 Å². The van der Waals surface area contributed by atoms with Crippen LogP contribution in [-0.4, -0.2) is 4.98 Å². The van der Waals surface area contributed by atoms with E-state index in [9.17, 15) is 4.39 Å². The summed E-state index contributed by atoms with van der Waals surface area (Å²) >= 11 is 0. The molecule has 0 fully saturated rings. The number of benzene rings is 3. The Morgan fingerprint density at radius 2 is 1.70 bits per heavy atom. The Morgan fingerprint density at radius 1 is 0.900 bits per heavy atom. The molecule has 5 rings (SSSR count). The molecule has 0 unspecified atom stereocenters. The number of hydrogen-bond donors (Lipinski definition) is 0. The van der Waals surface area contributed by atoms with Crippen molar-refractivity contribution < 1.29 is 8.81 Å². The van der Waals surface area contributed by atoms with Crippen molar-refractivity contribution in [3.63, 3.8) is 0 Å². The lowest BCUT2D eigenvalue weighted by molar-refractivity contribution is 0.412. The summed E-state index contributed by atoms with van der Waals surface area (Å²) in [5.41, 5.74) is 5.67. The van der Waals surface area contributed by atoms with E-state index in [-0.39, 0.29) is 11.2 Å². The molecule has 0 spiro atoms. The molecule has 5 aromatic rings. The Balaban J connectivity index is 1.85. The molecule has 0 radical (unpaired) electrons. The number of furan rings is 1. The zero-order valence-corrected chi connectivity index (χ0v) is 17.7. The summed E-state index contributed by atoms with van der Waals surface area (Å²) in [5.74, 6) is -0.257. The number of pyridine rings is 1. The van der Waals surface area contributed by atoms with Gasteiger partial charge in [0, 0.05) is 27.9 Å². The number of hydrogen-bond acceptors (Lipinski definition) is 2. The zero-order chi connectivity index (χ0) is 21.0. The van der Waals surface area contributed by atoms with Crippen molar-refractivity contribution in [2.24, 2.45) is 5.41 Å². The van der Waals surface area contributed by atoms with E-state index in [0.717, 1.165) is 61.5 Å². The molecule has 2 nitrogen and oxygen atoms in total. The molecule has 2 heterocycles. The lowest BCUT2D eigenvalue weighted by Gasteiger charge is -2.20. The summed E-state index contributed by atoms with van der Waals surface area (Å²) in [6.07, 6.45) is 2.81. The molecule has 0 saturated heterocycles. The first-order valence-corrected chi connectivity index (χ1v) is 10.3. The lowest BCUT2D eigenvalue weighted by Crippen LogP contribution is -2.10. The molecular weight excluding hydrogens is 373 g/mol. The summed E-state index contributed by atoms with van der Waals surface area (Å²) in [4.78, 5) is 4.84. The summed E-state index contributed by atoms with van der Waals surface area (Å²) in [6, 6.07) is 17.3. The smallest absolute Gasteiger partial charge is 0.144 e. The maximum Gasteiger partial charge on any atom is 0.144 e. The SMILES string of the molecule is Cc1cc(-c2ncc(CC(C)(C)C)c3ccc(F)cc23)c2oc3ccccc3c2c1. The Bertz CT molecular complexity index is 1420. The van der Waals surface area contributed by atoms with Gasteiger partial charge < -0.3 is 4.42 Å². The molecular formula is C27H24FNO. The minimum Gasteiger partial charge on any atom is -0.455 e. The monoisotopic (exact) mass is 397 g/mol. The first-order valence-electron chi connectivity index (χ1n) is 10.3. The van der Waals surface area contributed by atoms with E-state index in [1.54, 1.807) is 6.07 Å². The number of rotatable bonds is 2. The van der Waals surface area contributed by atoms with Crippen molar-refractivity contribution in [3.05, 3.63) is 77.7 Å². The van der Waals surface area contributed by atoms with Crippen molar-refractivity contribution in [2.45, 2.75) is 34.1 Å². The third-order valence-corrected chi connectivity index (χ3v) is 5.53. The maximum absolute atomic E-state index is 14.3. The lowest BCUT2D eigenvalue weighted by atomic mass is 9.86. The Hall–Kier alpha value is -3.20. The Morgan fingerprint density at radius 3 is 2.50 bits per heavy atom. The predicted octanol–water partition coefficient (Wildman–Crippen LogP) is 7.84. The fraction of sp³-hybridized carbons (Fsp3) is 0.222. The number of nitrogens with zero attached hydrogens (tertiary/aromatic N) is 1. The fourth-order valence-electron chi connectivity index (χ4n) is 4.35. The second-order valence-electron chi connectivity index (χ2n) is 9.35. The summed E-state index contributed by atoms with van der Waals surface area (Å²) in [6.45, 7) is 8.68. The van der Waals surface area contributed by atoms with E-state index in [2.05, 4.69) is 45.9 Å². The van der Waals surface area contributed by atoms with Gasteiger partial charge in [0.1, 0.15) is 17.0 Å². The fourth-order valence-corrected chi connectivity index (χ4v) is 4.35. The van der Waals surface area contributed by atoms with Gasteiger partial charge in [0.25, 0.3) is 0 Å². The van der Waals surface area contributed by atoms with Crippen molar-refractivity contribution >= 4 is 32.7 Å². The molecule has 0 atom stereocenters. The molecule has 0 aliphatic heterocycles. The van der Waals surface area contributed by atoms with Crippen LogP contribution < -0.4 is 0 Å². The van der Waals surface area contributed by atoms with Crippen LogP contribution in [0, 0.1) is 18.2 Å². The van der Waals surface area contributed by atoms with Crippen molar-refractivity contribution in [3.8, 4) is 11.3 Å². The van der Waals surface area contributed by atoms with Crippen LogP contribution in [0.4, 0.5) is 4.39 Å². The molecule has 2 aromatic heterocycles. The molecule has 3 aromatic carbocycles.